The summed E-state index contributed by atoms with van der Waals surface area (Å²) in [4.78, 5) is 12.8. The number of fused-ring (bicyclic) bond motifs is 1. The van der Waals surface area contributed by atoms with Crippen molar-refractivity contribution in [2.45, 2.75) is 18.2 Å². The van der Waals surface area contributed by atoms with E-state index in [2.05, 4.69) is 0 Å². The highest BCUT2D eigenvalue weighted by atomic mass is 32.8. The molecule has 1 unspecified atom stereocenters. The number of rotatable bonds is 0. The molecule has 1 amide bonds. The fourth-order valence-electron chi connectivity index (χ4n) is 1.44. The van der Waals surface area contributed by atoms with E-state index in [1.54, 1.807) is 0 Å². The van der Waals surface area contributed by atoms with Crippen LogP contribution in [-0.2, 0) is 25.4 Å². The molecule has 2 aliphatic rings. The van der Waals surface area contributed by atoms with Crippen LogP contribution in [0.4, 0.5) is 0 Å². The van der Waals surface area contributed by atoms with E-state index in [4.69, 9.17) is 11.2 Å². The normalized spacial score (nSPS) is 38.8. The number of carbonyl (C=O) groups is 1. The average molecular weight is 175 g/mol. The minimum Gasteiger partial charge on any atom is -0.330 e. The first-order chi connectivity index (χ1) is 4.79. The summed E-state index contributed by atoms with van der Waals surface area (Å²) in [5.74, 6) is 1.47. The second-order valence-electron chi connectivity index (χ2n) is 2.68. The van der Waals surface area contributed by atoms with Crippen molar-refractivity contribution in [2.75, 3.05) is 12.3 Å². The minimum atomic E-state index is 0.0895. The lowest BCUT2D eigenvalue weighted by atomic mass is 10.2. The zero-order valence-corrected chi connectivity index (χ0v) is 7.21. The Hall–Kier alpha value is 0.0400. The molecule has 2 heterocycles. The van der Waals surface area contributed by atoms with Crippen LogP contribution in [-0.4, -0.2) is 28.5 Å². The second kappa shape index (κ2) is 2.27. The maximum atomic E-state index is 10.9. The number of amides is 1. The molecule has 0 spiro atoms. The van der Waals surface area contributed by atoms with Crippen LogP contribution in [0.1, 0.15) is 12.8 Å². The molecule has 0 radical (unpaired) electrons. The van der Waals surface area contributed by atoms with E-state index in [1.165, 1.54) is 0 Å². The minimum absolute atomic E-state index is 0.0895. The lowest BCUT2D eigenvalue weighted by Crippen LogP contribution is -2.57. The number of β-lactam (4-membered cyclic amide) rings is 1. The first kappa shape index (κ1) is 6.73. The monoisotopic (exact) mass is 175 g/mol. The highest BCUT2D eigenvalue weighted by molar-refractivity contribution is 8.29. The van der Waals surface area contributed by atoms with Crippen LogP contribution in [0.5, 0.6) is 0 Å². The Labute approximate surface area is 67.2 Å². The third-order valence-electron chi connectivity index (χ3n) is 2.07. The van der Waals surface area contributed by atoms with Crippen molar-refractivity contribution in [3.63, 3.8) is 0 Å². The zero-order valence-electron chi connectivity index (χ0n) is 5.58. The van der Waals surface area contributed by atoms with E-state index < -0.39 is 0 Å². The molecular weight excluding hydrogens is 166 g/mol. The topological polar surface area (TPSA) is 20.3 Å². The van der Waals surface area contributed by atoms with Gasteiger partial charge >= 0.3 is 0 Å². The van der Waals surface area contributed by atoms with Crippen molar-refractivity contribution in [3.05, 3.63) is 0 Å². The van der Waals surface area contributed by atoms with E-state index >= 15 is 0 Å². The summed E-state index contributed by atoms with van der Waals surface area (Å²) in [6, 6.07) is 0. The van der Waals surface area contributed by atoms with Crippen LogP contribution in [0, 0.1) is 0 Å². The van der Waals surface area contributed by atoms with Crippen molar-refractivity contribution >= 4 is 26.5 Å². The van der Waals surface area contributed by atoms with Gasteiger partial charge in [0.2, 0.25) is 5.91 Å². The molecule has 0 aromatic rings. The van der Waals surface area contributed by atoms with Crippen LogP contribution in [0.25, 0.3) is 0 Å². The first-order valence-electron chi connectivity index (χ1n) is 3.46. The number of carbonyl (C=O) groups excluding carboxylic acids is 1. The van der Waals surface area contributed by atoms with Gasteiger partial charge in [-0.05, 0) is 17.6 Å². The zero-order chi connectivity index (χ0) is 7.14. The largest absolute Gasteiger partial charge is 0.330 e. The molecule has 2 aliphatic heterocycles. The molecule has 0 bridgehead atoms. The van der Waals surface area contributed by atoms with Crippen LogP contribution in [0.3, 0.4) is 0 Å². The molecule has 0 aromatic heterocycles. The predicted molar refractivity (Wildman–Crippen MR) is 44.3 cm³/mol. The summed E-state index contributed by atoms with van der Waals surface area (Å²) < 4.78 is 0. The summed E-state index contributed by atoms with van der Waals surface area (Å²) in [6.45, 7) is 0.962. The Bertz CT molecular complexity index is 204. The maximum absolute atomic E-state index is 10.9. The van der Waals surface area contributed by atoms with Gasteiger partial charge < -0.3 is 4.90 Å². The van der Waals surface area contributed by atoms with Gasteiger partial charge in [-0.3, -0.25) is 4.79 Å². The lowest BCUT2D eigenvalue weighted by Gasteiger charge is -2.44. The Balaban J connectivity index is 2.12. The highest BCUT2D eigenvalue weighted by Crippen LogP contribution is 2.26. The fourth-order valence-corrected chi connectivity index (χ4v) is 3.83. The SMILES string of the molecule is O=C1C[C@@H]2N1CCCS2=S. The van der Waals surface area contributed by atoms with Crippen molar-refractivity contribution in [1.29, 1.82) is 0 Å². The van der Waals surface area contributed by atoms with Crippen molar-refractivity contribution in [2.24, 2.45) is 0 Å². The van der Waals surface area contributed by atoms with Gasteiger partial charge in [0.05, 0.1) is 11.8 Å². The molecule has 0 aliphatic carbocycles. The third kappa shape index (κ3) is 0.820. The standard InChI is InChI=1S/C6H9NOS2/c8-5-4-6-7(5)2-1-3-10(6)9/h6H,1-4H2/t6-,10?/m1/s1. The van der Waals surface area contributed by atoms with Gasteiger partial charge in [0.1, 0.15) is 0 Å². The van der Waals surface area contributed by atoms with E-state index in [9.17, 15) is 4.79 Å². The number of hydrogen-bond donors (Lipinski definition) is 0. The molecule has 2 saturated heterocycles. The first-order valence-corrected chi connectivity index (χ1v) is 5.84. The molecule has 2 atom stereocenters. The summed E-state index contributed by atoms with van der Waals surface area (Å²) >= 11 is 5.23. The average Bonchev–Trinajstić information content (AvgIpc) is 1.91. The van der Waals surface area contributed by atoms with Crippen LogP contribution >= 0.6 is 0 Å². The molecule has 2 rings (SSSR count). The summed E-state index contributed by atoms with van der Waals surface area (Å²) in [5, 5.41) is 0.455. The van der Waals surface area contributed by atoms with E-state index in [-0.39, 0.29) is 9.45 Å². The summed E-state index contributed by atoms with van der Waals surface area (Å²) in [7, 11) is 0.0895. The molecule has 0 saturated carbocycles. The van der Waals surface area contributed by atoms with E-state index in [0.29, 0.717) is 11.3 Å². The van der Waals surface area contributed by atoms with Crippen molar-refractivity contribution < 1.29 is 4.79 Å². The maximum Gasteiger partial charge on any atom is 0.226 e. The fraction of sp³-hybridized carbons (Fsp3) is 0.833. The van der Waals surface area contributed by atoms with Gasteiger partial charge in [0.25, 0.3) is 0 Å². The molecule has 0 N–H and O–H groups in total. The van der Waals surface area contributed by atoms with Gasteiger partial charge in [-0.1, -0.05) is 9.45 Å². The Morgan fingerprint density at radius 1 is 1.70 bits per heavy atom. The van der Waals surface area contributed by atoms with Gasteiger partial charge in [-0.25, -0.2) is 0 Å². The summed E-state index contributed by atoms with van der Waals surface area (Å²) in [6.07, 6.45) is 1.85. The van der Waals surface area contributed by atoms with Crippen LogP contribution < -0.4 is 0 Å². The molecule has 0 aromatic carbocycles. The number of hydrogen-bond acceptors (Lipinski definition) is 2. The predicted octanol–water partition coefficient (Wildman–Crippen LogP) is 0.0287. The highest BCUT2D eigenvalue weighted by Gasteiger charge is 2.39. The van der Waals surface area contributed by atoms with Crippen LogP contribution in [0.2, 0.25) is 0 Å². The van der Waals surface area contributed by atoms with E-state index in [1.807, 2.05) is 4.90 Å². The molecule has 56 valence electrons. The van der Waals surface area contributed by atoms with Gasteiger partial charge in [0.15, 0.2) is 0 Å². The van der Waals surface area contributed by atoms with Gasteiger partial charge in [-0.2, -0.15) is 0 Å². The number of nitrogens with zero attached hydrogens (tertiary/aromatic N) is 1. The third-order valence-corrected chi connectivity index (χ3v) is 4.95. The van der Waals surface area contributed by atoms with E-state index in [0.717, 1.165) is 25.1 Å². The second-order valence-corrected chi connectivity index (χ2v) is 5.68. The quantitative estimate of drug-likeness (QED) is 0.484. The van der Waals surface area contributed by atoms with Crippen LogP contribution in [0.15, 0.2) is 0 Å². The smallest absolute Gasteiger partial charge is 0.226 e. The lowest BCUT2D eigenvalue weighted by molar-refractivity contribution is -0.141. The summed E-state index contributed by atoms with van der Waals surface area (Å²) in [5.41, 5.74) is 0. The van der Waals surface area contributed by atoms with Gasteiger partial charge in [0, 0.05) is 12.3 Å². The molecule has 2 nitrogen and oxygen atoms in total. The van der Waals surface area contributed by atoms with Crippen molar-refractivity contribution in [3.8, 4) is 0 Å². The Morgan fingerprint density at radius 2 is 2.50 bits per heavy atom. The molecule has 2 fully saturated rings. The van der Waals surface area contributed by atoms with Crippen molar-refractivity contribution in [1.82, 2.24) is 4.90 Å². The molecule has 10 heavy (non-hydrogen) atoms. The Morgan fingerprint density at radius 3 is 3.10 bits per heavy atom. The Kier molecular flexibility index (Phi) is 1.53. The molecule has 4 heteroatoms. The van der Waals surface area contributed by atoms with Gasteiger partial charge in [-0.15, -0.1) is 0 Å². The molecular formula is C6H9NOS2.